The van der Waals surface area contributed by atoms with Gasteiger partial charge in [0.15, 0.2) is 0 Å². The van der Waals surface area contributed by atoms with Crippen molar-refractivity contribution < 1.29 is 4.79 Å². The van der Waals surface area contributed by atoms with Crippen LogP contribution in [0.25, 0.3) is 0 Å². The number of carbonyl (C=O) groups excluding carboxylic acids is 1. The lowest BCUT2D eigenvalue weighted by Crippen LogP contribution is -2.46. The maximum absolute atomic E-state index is 12.7. The molecule has 1 amide bonds. The van der Waals surface area contributed by atoms with Crippen molar-refractivity contribution in [3.63, 3.8) is 0 Å². The van der Waals surface area contributed by atoms with E-state index in [0.717, 1.165) is 13.0 Å². The van der Waals surface area contributed by atoms with E-state index in [2.05, 4.69) is 32.6 Å². The Hall–Kier alpha value is -0.570. The summed E-state index contributed by atoms with van der Waals surface area (Å²) in [6.45, 7) is 9.93. The summed E-state index contributed by atoms with van der Waals surface area (Å²) in [6.07, 6.45) is 7.08. The minimum absolute atomic E-state index is 0.0122. The number of hydrogen-bond acceptors (Lipinski definition) is 2. The van der Waals surface area contributed by atoms with Gasteiger partial charge in [0.05, 0.1) is 5.92 Å². The summed E-state index contributed by atoms with van der Waals surface area (Å²) in [5.41, 5.74) is 6.01. The third-order valence-electron chi connectivity index (χ3n) is 4.13. The SMILES string of the molecule is CCN(C(=O)C(CN)CC(C)(C)C)C1CCCCC1. The van der Waals surface area contributed by atoms with Crippen molar-refractivity contribution in [2.24, 2.45) is 17.1 Å². The first-order chi connectivity index (χ1) is 8.89. The summed E-state index contributed by atoms with van der Waals surface area (Å²) in [5.74, 6) is 0.272. The van der Waals surface area contributed by atoms with E-state index in [9.17, 15) is 4.79 Å². The maximum atomic E-state index is 12.7. The van der Waals surface area contributed by atoms with Crippen LogP contribution in [-0.2, 0) is 4.79 Å². The fourth-order valence-corrected chi connectivity index (χ4v) is 3.23. The van der Waals surface area contributed by atoms with Crippen molar-refractivity contribution in [3.05, 3.63) is 0 Å². The molecule has 0 aliphatic heterocycles. The summed E-state index contributed by atoms with van der Waals surface area (Å²) in [6, 6.07) is 0.459. The molecule has 0 heterocycles. The van der Waals surface area contributed by atoms with Gasteiger partial charge < -0.3 is 10.6 Å². The predicted octanol–water partition coefficient (Wildman–Crippen LogP) is 3.18. The van der Waals surface area contributed by atoms with Gasteiger partial charge >= 0.3 is 0 Å². The van der Waals surface area contributed by atoms with Crippen LogP contribution in [0.5, 0.6) is 0 Å². The highest BCUT2D eigenvalue weighted by Crippen LogP contribution is 2.28. The van der Waals surface area contributed by atoms with E-state index >= 15 is 0 Å². The van der Waals surface area contributed by atoms with Gasteiger partial charge in [-0.3, -0.25) is 4.79 Å². The van der Waals surface area contributed by atoms with E-state index in [-0.39, 0.29) is 17.2 Å². The molecule has 1 atom stereocenters. The van der Waals surface area contributed by atoms with Crippen LogP contribution in [0.15, 0.2) is 0 Å². The molecule has 1 fully saturated rings. The molecular formula is C16H32N2O. The topological polar surface area (TPSA) is 46.3 Å². The quantitative estimate of drug-likeness (QED) is 0.832. The number of nitrogens with two attached hydrogens (primary N) is 1. The third kappa shape index (κ3) is 5.13. The highest BCUT2D eigenvalue weighted by molar-refractivity contribution is 5.79. The van der Waals surface area contributed by atoms with E-state index in [1.54, 1.807) is 0 Å². The first-order valence-corrected chi connectivity index (χ1v) is 7.89. The standard InChI is InChI=1S/C16H32N2O/c1-5-18(14-9-7-6-8-10-14)15(19)13(12-17)11-16(2,3)4/h13-14H,5-12,17H2,1-4H3. The van der Waals surface area contributed by atoms with Gasteiger partial charge in [0.1, 0.15) is 0 Å². The number of amides is 1. The molecule has 0 aromatic heterocycles. The second-order valence-corrected chi connectivity index (χ2v) is 7.11. The maximum Gasteiger partial charge on any atom is 0.227 e. The predicted molar refractivity (Wildman–Crippen MR) is 80.9 cm³/mol. The molecule has 1 saturated carbocycles. The van der Waals surface area contributed by atoms with Crippen LogP contribution in [0, 0.1) is 11.3 Å². The van der Waals surface area contributed by atoms with Crippen molar-refractivity contribution in [3.8, 4) is 0 Å². The summed E-state index contributed by atoms with van der Waals surface area (Å²) in [7, 11) is 0. The fourth-order valence-electron chi connectivity index (χ4n) is 3.23. The van der Waals surface area contributed by atoms with Crippen molar-refractivity contribution in [1.82, 2.24) is 4.90 Å². The largest absolute Gasteiger partial charge is 0.340 e. The number of rotatable bonds is 5. The molecule has 2 N–H and O–H groups in total. The highest BCUT2D eigenvalue weighted by Gasteiger charge is 2.31. The van der Waals surface area contributed by atoms with E-state index in [1.807, 2.05) is 0 Å². The van der Waals surface area contributed by atoms with Gasteiger partial charge in [-0.25, -0.2) is 0 Å². The smallest absolute Gasteiger partial charge is 0.227 e. The van der Waals surface area contributed by atoms with Gasteiger partial charge in [0, 0.05) is 19.1 Å². The number of carbonyl (C=O) groups is 1. The van der Waals surface area contributed by atoms with Crippen LogP contribution >= 0.6 is 0 Å². The minimum Gasteiger partial charge on any atom is -0.340 e. The molecule has 1 unspecified atom stereocenters. The van der Waals surface area contributed by atoms with E-state index in [0.29, 0.717) is 12.6 Å². The van der Waals surface area contributed by atoms with Gasteiger partial charge in [-0.05, 0) is 31.6 Å². The lowest BCUT2D eigenvalue weighted by atomic mass is 9.83. The molecule has 19 heavy (non-hydrogen) atoms. The Balaban J connectivity index is 2.69. The summed E-state index contributed by atoms with van der Waals surface area (Å²) in [4.78, 5) is 14.8. The van der Waals surface area contributed by atoms with Crippen molar-refractivity contribution in [2.45, 2.75) is 72.3 Å². The monoisotopic (exact) mass is 268 g/mol. The van der Waals surface area contributed by atoms with Crippen molar-refractivity contribution in [1.29, 1.82) is 0 Å². The normalized spacial score (nSPS) is 19.2. The zero-order chi connectivity index (χ0) is 14.5. The van der Waals surface area contributed by atoms with Gasteiger partial charge in [-0.15, -0.1) is 0 Å². The highest BCUT2D eigenvalue weighted by atomic mass is 16.2. The average Bonchev–Trinajstić information content (AvgIpc) is 2.37. The molecule has 3 nitrogen and oxygen atoms in total. The first-order valence-electron chi connectivity index (χ1n) is 7.89. The molecule has 0 radical (unpaired) electrons. The Labute approximate surface area is 118 Å². The second kappa shape index (κ2) is 7.28. The summed E-state index contributed by atoms with van der Waals surface area (Å²) < 4.78 is 0. The van der Waals surface area contributed by atoms with Crippen LogP contribution in [0.3, 0.4) is 0 Å². The van der Waals surface area contributed by atoms with Crippen molar-refractivity contribution in [2.75, 3.05) is 13.1 Å². The molecule has 0 aromatic rings. The molecule has 0 bridgehead atoms. The first kappa shape index (κ1) is 16.5. The Morgan fingerprint density at radius 2 is 1.84 bits per heavy atom. The molecule has 1 rings (SSSR count). The van der Waals surface area contributed by atoms with Gasteiger partial charge in [-0.2, -0.15) is 0 Å². The lowest BCUT2D eigenvalue weighted by molar-refractivity contribution is -0.139. The van der Waals surface area contributed by atoms with Crippen LogP contribution in [-0.4, -0.2) is 29.9 Å². The van der Waals surface area contributed by atoms with Gasteiger partial charge in [0.2, 0.25) is 5.91 Å². The van der Waals surface area contributed by atoms with E-state index in [1.165, 1.54) is 32.1 Å². The van der Waals surface area contributed by atoms with E-state index < -0.39 is 0 Å². The zero-order valence-corrected chi connectivity index (χ0v) is 13.2. The van der Waals surface area contributed by atoms with Crippen molar-refractivity contribution >= 4 is 5.91 Å². The Bertz CT molecular complexity index is 277. The number of nitrogens with zero attached hydrogens (tertiary/aromatic N) is 1. The lowest BCUT2D eigenvalue weighted by Gasteiger charge is -2.37. The minimum atomic E-state index is -0.0122. The molecule has 1 aliphatic rings. The fraction of sp³-hybridized carbons (Fsp3) is 0.938. The van der Waals surface area contributed by atoms with Crippen LogP contribution in [0.1, 0.15) is 66.2 Å². The Morgan fingerprint density at radius 3 is 2.26 bits per heavy atom. The zero-order valence-electron chi connectivity index (χ0n) is 13.2. The molecule has 0 spiro atoms. The number of hydrogen-bond donors (Lipinski definition) is 1. The molecule has 0 saturated heterocycles. The van der Waals surface area contributed by atoms with Crippen LogP contribution in [0.2, 0.25) is 0 Å². The summed E-state index contributed by atoms with van der Waals surface area (Å²) in [5, 5.41) is 0. The summed E-state index contributed by atoms with van der Waals surface area (Å²) >= 11 is 0. The second-order valence-electron chi connectivity index (χ2n) is 7.11. The Morgan fingerprint density at radius 1 is 1.26 bits per heavy atom. The van der Waals surface area contributed by atoms with Crippen LogP contribution in [0.4, 0.5) is 0 Å². The van der Waals surface area contributed by atoms with E-state index in [4.69, 9.17) is 5.73 Å². The van der Waals surface area contributed by atoms with Gasteiger partial charge in [0.25, 0.3) is 0 Å². The third-order valence-corrected chi connectivity index (χ3v) is 4.13. The van der Waals surface area contributed by atoms with Gasteiger partial charge in [-0.1, -0.05) is 40.0 Å². The molecule has 0 aromatic carbocycles. The van der Waals surface area contributed by atoms with Crippen LogP contribution < -0.4 is 5.73 Å². The molecular weight excluding hydrogens is 236 g/mol. The average molecular weight is 268 g/mol. The molecule has 1 aliphatic carbocycles. The molecule has 112 valence electrons. The molecule has 3 heteroatoms. The Kier molecular flexibility index (Phi) is 6.31.